The van der Waals surface area contributed by atoms with Crippen molar-refractivity contribution in [2.75, 3.05) is 26.3 Å². The Kier molecular flexibility index (Phi) is 4.69. The van der Waals surface area contributed by atoms with Crippen molar-refractivity contribution in [3.8, 4) is 0 Å². The Morgan fingerprint density at radius 2 is 1.82 bits per heavy atom. The molecule has 1 saturated heterocycles. The predicted octanol–water partition coefficient (Wildman–Crippen LogP) is 1.66. The van der Waals surface area contributed by atoms with Crippen molar-refractivity contribution in [2.24, 2.45) is 11.5 Å². The highest BCUT2D eigenvalue weighted by Crippen LogP contribution is 2.27. The van der Waals surface area contributed by atoms with E-state index >= 15 is 0 Å². The zero-order valence-electron chi connectivity index (χ0n) is 13.6. The van der Waals surface area contributed by atoms with Gasteiger partial charge in [0, 0.05) is 19.1 Å². The standard InChI is InChI=1S/C18H28N4/c1-2-3-8-21-11-16(18(19)20)12-22(13-21)17-9-14-6-4-5-7-15(14)10-17/h4-7,17H,2-3,8-13,19-20H2,1H3. The maximum absolute atomic E-state index is 5.91. The number of fused-ring (bicyclic) bond motifs is 1. The lowest BCUT2D eigenvalue weighted by atomic mass is 10.1. The second-order valence-corrected chi connectivity index (χ2v) is 6.68. The molecule has 2 aliphatic rings. The fraction of sp³-hybridized carbons (Fsp3) is 0.556. The molecule has 1 aliphatic carbocycles. The summed E-state index contributed by atoms with van der Waals surface area (Å²) in [4.78, 5) is 5.05. The Hall–Kier alpha value is -1.52. The van der Waals surface area contributed by atoms with Gasteiger partial charge in [-0.15, -0.1) is 0 Å². The molecule has 0 unspecified atom stereocenters. The molecule has 1 aromatic rings. The second kappa shape index (κ2) is 6.71. The van der Waals surface area contributed by atoms with Crippen LogP contribution in [0.15, 0.2) is 35.7 Å². The fourth-order valence-corrected chi connectivity index (χ4v) is 3.67. The lowest BCUT2D eigenvalue weighted by Crippen LogP contribution is -2.51. The summed E-state index contributed by atoms with van der Waals surface area (Å²) >= 11 is 0. The molecule has 3 rings (SSSR count). The van der Waals surface area contributed by atoms with Crippen LogP contribution in [0.5, 0.6) is 0 Å². The second-order valence-electron chi connectivity index (χ2n) is 6.68. The Balaban J connectivity index is 1.71. The summed E-state index contributed by atoms with van der Waals surface area (Å²) < 4.78 is 0. The van der Waals surface area contributed by atoms with Crippen LogP contribution in [0.3, 0.4) is 0 Å². The molecule has 4 N–H and O–H groups in total. The topological polar surface area (TPSA) is 58.5 Å². The molecule has 4 nitrogen and oxygen atoms in total. The van der Waals surface area contributed by atoms with Crippen molar-refractivity contribution >= 4 is 0 Å². The van der Waals surface area contributed by atoms with E-state index in [4.69, 9.17) is 11.5 Å². The van der Waals surface area contributed by atoms with Gasteiger partial charge in [-0.05, 0) is 42.5 Å². The van der Waals surface area contributed by atoms with E-state index in [9.17, 15) is 0 Å². The SMILES string of the molecule is CCCCN1CC(=C(N)N)CN(C2Cc3ccccc3C2)C1. The van der Waals surface area contributed by atoms with Crippen LogP contribution in [0, 0.1) is 0 Å². The first-order chi connectivity index (χ1) is 10.7. The van der Waals surface area contributed by atoms with Gasteiger partial charge in [0.15, 0.2) is 0 Å². The summed E-state index contributed by atoms with van der Waals surface area (Å²) in [6, 6.07) is 9.41. The molecule has 4 heteroatoms. The van der Waals surface area contributed by atoms with Gasteiger partial charge in [0.25, 0.3) is 0 Å². The fourth-order valence-electron chi connectivity index (χ4n) is 3.67. The van der Waals surface area contributed by atoms with Crippen molar-refractivity contribution in [3.05, 3.63) is 46.8 Å². The minimum absolute atomic E-state index is 0.515. The van der Waals surface area contributed by atoms with Crippen molar-refractivity contribution < 1.29 is 0 Å². The molecule has 0 bridgehead atoms. The third-order valence-electron chi connectivity index (χ3n) is 4.97. The van der Waals surface area contributed by atoms with Crippen molar-refractivity contribution in [1.82, 2.24) is 9.80 Å². The Labute approximate surface area is 133 Å². The summed E-state index contributed by atoms with van der Waals surface area (Å²) in [5.41, 5.74) is 16.0. The van der Waals surface area contributed by atoms with Gasteiger partial charge in [0.05, 0.1) is 12.5 Å². The van der Waals surface area contributed by atoms with E-state index in [1.807, 2.05) is 0 Å². The van der Waals surface area contributed by atoms with E-state index in [-0.39, 0.29) is 0 Å². The van der Waals surface area contributed by atoms with Crippen LogP contribution < -0.4 is 11.5 Å². The van der Waals surface area contributed by atoms with E-state index < -0.39 is 0 Å². The smallest absolute Gasteiger partial charge is 0.0951 e. The van der Waals surface area contributed by atoms with Gasteiger partial charge in [-0.1, -0.05) is 37.6 Å². The monoisotopic (exact) mass is 300 g/mol. The molecular formula is C18H28N4. The zero-order valence-corrected chi connectivity index (χ0v) is 13.6. The third-order valence-corrected chi connectivity index (χ3v) is 4.97. The first-order valence-corrected chi connectivity index (χ1v) is 8.43. The number of unbranched alkanes of at least 4 members (excludes halogenated alkanes) is 1. The summed E-state index contributed by atoms with van der Waals surface area (Å²) in [5.74, 6) is 0.515. The predicted molar refractivity (Wildman–Crippen MR) is 91.1 cm³/mol. The van der Waals surface area contributed by atoms with E-state index in [2.05, 4.69) is 41.0 Å². The van der Waals surface area contributed by atoms with Crippen LogP contribution in [0.4, 0.5) is 0 Å². The molecule has 1 heterocycles. The van der Waals surface area contributed by atoms with Crippen LogP contribution in [0.2, 0.25) is 0 Å². The highest BCUT2D eigenvalue weighted by atomic mass is 15.3. The Bertz CT molecular complexity index is 523. The number of hydrogen-bond donors (Lipinski definition) is 2. The van der Waals surface area contributed by atoms with E-state index in [0.29, 0.717) is 11.9 Å². The Morgan fingerprint density at radius 1 is 1.14 bits per heavy atom. The largest absolute Gasteiger partial charge is 0.386 e. The quantitative estimate of drug-likeness (QED) is 0.888. The first-order valence-electron chi connectivity index (χ1n) is 8.43. The van der Waals surface area contributed by atoms with E-state index in [1.54, 1.807) is 0 Å². The van der Waals surface area contributed by atoms with Crippen LogP contribution in [-0.2, 0) is 12.8 Å². The average Bonchev–Trinajstić information content (AvgIpc) is 2.96. The molecule has 0 saturated carbocycles. The molecule has 0 atom stereocenters. The van der Waals surface area contributed by atoms with Gasteiger partial charge < -0.3 is 11.5 Å². The minimum atomic E-state index is 0.515. The van der Waals surface area contributed by atoms with Gasteiger partial charge >= 0.3 is 0 Å². The van der Waals surface area contributed by atoms with Crippen molar-refractivity contribution in [1.29, 1.82) is 0 Å². The highest BCUT2D eigenvalue weighted by Gasteiger charge is 2.31. The van der Waals surface area contributed by atoms with Gasteiger partial charge in [-0.2, -0.15) is 0 Å². The van der Waals surface area contributed by atoms with Gasteiger partial charge in [-0.25, -0.2) is 0 Å². The minimum Gasteiger partial charge on any atom is -0.386 e. The molecule has 0 radical (unpaired) electrons. The number of rotatable bonds is 4. The summed E-state index contributed by atoms with van der Waals surface area (Å²) in [7, 11) is 0. The number of nitrogens with zero attached hydrogens (tertiary/aromatic N) is 2. The molecule has 1 aromatic carbocycles. The van der Waals surface area contributed by atoms with Crippen molar-refractivity contribution in [2.45, 2.75) is 38.6 Å². The van der Waals surface area contributed by atoms with Gasteiger partial charge in [0.2, 0.25) is 0 Å². The lowest BCUT2D eigenvalue weighted by Gasteiger charge is -2.40. The normalized spacial score (nSPS) is 20.3. The van der Waals surface area contributed by atoms with Gasteiger partial charge in [0.1, 0.15) is 0 Å². The number of hydrogen-bond acceptors (Lipinski definition) is 4. The lowest BCUT2D eigenvalue weighted by molar-refractivity contribution is 0.0803. The number of benzene rings is 1. The molecule has 22 heavy (non-hydrogen) atoms. The summed E-state index contributed by atoms with van der Waals surface area (Å²) in [6.45, 7) is 6.25. The molecule has 0 spiro atoms. The van der Waals surface area contributed by atoms with Crippen LogP contribution >= 0.6 is 0 Å². The molecule has 0 amide bonds. The maximum atomic E-state index is 5.91. The average molecular weight is 300 g/mol. The first kappa shape index (κ1) is 15.4. The molecule has 1 fully saturated rings. The molecular weight excluding hydrogens is 272 g/mol. The molecule has 0 aromatic heterocycles. The highest BCUT2D eigenvalue weighted by molar-refractivity contribution is 5.33. The third kappa shape index (κ3) is 3.28. The zero-order chi connectivity index (χ0) is 15.5. The maximum Gasteiger partial charge on any atom is 0.0951 e. The van der Waals surface area contributed by atoms with E-state index in [0.717, 1.165) is 39.1 Å². The van der Waals surface area contributed by atoms with E-state index in [1.165, 1.54) is 29.5 Å². The summed E-state index contributed by atoms with van der Waals surface area (Å²) in [6.07, 6.45) is 4.75. The summed E-state index contributed by atoms with van der Waals surface area (Å²) in [5, 5.41) is 0. The number of nitrogens with two attached hydrogens (primary N) is 2. The van der Waals surface area contributed by atoms with Crippen LogP contribution in [0.25, 0.3) is 0 Å². The molecule has 120 valence electrons. The molecule has 1 aliphatic heterocycles. The Morgan fingerprint density at radius 3 is 2.41 bits per heavy atom. The van der Waals surface area contributed by atoms with Gasteiger partial charge in [-0.3, -0.25) is 9.80 Å². The van der Waals surface area contributed by atoms with Crippen LogP contribution in [-0.4, -0.2) is 42.1 Å². The van der Waals surface area contributed by atoms with Crippen molar-refractivity contribution in [3.63, 3.8) is 0 Å². The van der Waals surface area contributed by atoms with Crippen LogP contribution in [0.1, 0.15) is 30.9 Å².